The van der Waals surface area contributed by atoms with Gasteiger partial charge in [-0.3, -0.25) is 0 Å². The Hall–Kier alpha value is -9.56. The quantitative estimate of drug-likeness (QED) is 0.154. The third-order valence-electron chi connectivity index (χ3n) is 16.6. The smallest absolute Gasteiger partial charge is 0.0714 e. The summed E-state index contributed by atoms with van der Waals surface area (Å²) >= 11 is 0. The lowest BCUT2D eigenvalue weighted by atomic mass is 9.67. The first-order valence-corrected chi connectivity index (χ1v) is 26.2. The maximum Gasteiger partial charge on any atom is 0.0714 e. The van der Waals surface area contributed by atoms with Crippen molar-refractivity contribution in [2.24, 2.45) is 0 Å². The molecular weight excluding hydrogens is 903 g/mol. The minimum atomic E-state index is -0.584. The van der Waals surface area contributed by atoms with Crippen LogP contribution in [0.2, 0.25) is 0 Å². The molecule has 0 spiro atoms. The highest BCUT2D eigenvalue weighted by Gasteiger charge is 2.49. The van der Waals surface area contributed by atoms with E-state index in [4.69, 9.17) is 0 Å². The zero-order chi connectivity index (χ0) is 49.5. The highest BCUT2D eigenvalue weighted by molar-refractivity contribution is 6.05. The van der Waals surface area contributed by atoms with Gasteiger partial charge in [0, 0.05) is 16.9 Å². The van der Waals surface area contributed by atoms with Crippen LogP contribution in [0.3, 0.4) is 0 Å². The number of benzene rings is 12. The van der Waals surface area contributed by atoms with Gasteiger partial charge in [0.25, 0.3) is 0 Å². The van der Waals surface area contributed by atoms with Gasteiger partial charge in [0.05, 0.1) is 16.5 Å². The zero-order valence-corrected chi connectivity index (χ0v) is 41.2. The minimum absolute atomic E-state index is 0.576. The third kappa shape index (κ3) is 6.19. The molecule has 12 aromatic rings. The van der Waals surface area contributed by atoms with Gasteiger partial charge in [-0.2, -0.15) is 0 Å². The second kappa shape index (κ2) is 17.0. The van der Waals surface area contributed by atoms with Crippen LogP contribution in [0.15, 0.2) is 297 Å². The largest absolute Gasteiger partial charge is 0.310 e. The average molecular weight is 952 g/mol. The van der Waals surface area contributed by atoms with Crippen LogP contribution in [0.4, 0.5) is 17.1 Å². The minimum Gasteiger partial charge on any atom is -0.310 e. The molecule has 12 aromatic carbocycles. The summed E-state index contributed by atoms with van der Waals surface area (Å²) in [4.78, 5) is 2.58. The Kier molecular flexibility index (Phi) is 9.77. The molecule has 350 valence electrons. The van der Waals surface area contributed by atoms with E-state index < -0.39 is 10.8 Å². The molecule has 1 nitrogen and oxygen atoms in total. The van der Waals surface area contributed by atoms with E-state index in [1.807, 2.05) is 0 Å². The molecule has 0 amide bonds. The highest BCUT2D eigenvalue weighted by atomic mass is 15.1. The summed E-state index contributed by atoms with van der Waals surface area (Å²) < 4.78 is 0. The summed E-state index contributed by atoms with van der Waals surface area (Å²) in [5.74, 6) is 0. The van der Waals surface area contributed by atoms with Gasteiger partial charge >= 0.3 is 0 Å². The van der Waals surface area contributed by atoms with Crippen LogP contribution in [-0.2, 0) is 10.8 Å². The molecule has 3 aliphatic rings. The molecule has 0 bridgehead atoms. The van der Waals surface area contributed by atoms with Crippen LogP contribution in [0, 0.1) is 0 Å². The van der Waals surface area contributed by atoms with Crippen molar-refractivity contribution >= 4 is 17.1 Å². The van der Waals surface area contributed by atoms with E-state index in [1.54, 1.807) is 0 Å². The maximum absolute atomic E-state index is 2.58. The number of rotatable bonds is 7. The predicted octanol–water partition coefficient (Wildman–Crippen LogP) is 18.9. The first-order valence-electron chi connectivity index (χ1n) is 26.2. The van der Waals surface area contributed by atoms with Crippen LogP contribution in [-0.4, -0.2) is 0 Å². The molecule has 15 rings (SSSR count). The first-order chi connectivity index (χ1) is 37.2. The van der Waals surface area contributed by atoms with E-state index in [2.05, 4.69) is 302 Å². The fourth-order valence-electron chi connectivity index (χ4n) is 13.6. The lowest BCUT2D eigenvalue weighted by molar-refractivity contribution is 0.768. The first kappa shape index (κ1) is 43.1. The third-order valence-corrected chi connectivity index (χ3v) is 16.6. The van der Waals surface area contributed by atoms with Crippen molar-refractivity contribution in [3.63, 3.8) is 0 Å². The van der Waals surface area contributed by atoms with Gasteiger partial charge < -0.3 is 4.90 Å². The molecule has 0 unspecified atom stereocenters. The molecule has 0 fully saturated rings. The molecule has 0 radical (unpaired) electrons. The van der Waals surface area contributed by atoms with Crippen molar-refractivity contribution in [1.82, 2.24) is 0 Å². The van der Waals surface area contributed by atoms with Gasteiger partial charge in [0.2, 0.25) is 0 Å². The molecule has 0 atom stereocenters. The number of fused-ring (bicyclic) bond motifs is 14. The van der Waals surface area contributed by atoms with E-state index >= 15 is 0 Å². The Morgan fingerprint density at radius 1 is 0.200 bits per heavy atom. The van der Waals surface area contributed by atoms with Crippen molar-refractivity contribution in [2.75, 3.05) is 4.90 Å². The van der Waals surface area contributed by atoms with Gasteiger partial charge in [0.1, 0.15) is 0 Å². The van der Waals surface area contributed by atoms with Gasteiger partial charge in [-0.15, -0.1) is 0 Å². The lowest BCUT2D eigenvalue weighted by Crippen LogP contribution is -2.29. The summed E-state index contributed by atoms with van der Waals surface area (Å²) in [7, 11) is 0. The SMILES string of the molecule is c1ccc(C2(c3ccccc3)c3ccccc3-c3ccc(N(c4ccc5c(c4)-c4ccccc4-c4ccccc4-c4ccccc4-5)c4cccc5c4-c4ccccc4C5(c4ccccc4)c4ccccc4)cc32)cc1. The van der Waals surface area contributed by atoms with Crippen LogP contribution < -0.4 is 4.90 Å². The topological polar surface area (TPSA) is 3.24 Å². The number of anilines is 3. The second-order valence-corrected chi connectivity index (χ2v) is 20.2. The number of hydrogen-bond acceptors (Lipinski definition) is 1. The van der Waals surface area contributed by atoms with Crippen molar-refractivity contribution in [1.29, 1.82) is 0 Å². The molecule has 0 saturated carbocycles. The van der Waals surface area contributed by atoms with E-state index in [9.17, 15) is 0 Å². The van der Waals surface area contributed by atoms with E-state index in [0.717, 1.165) is 17.1 Å². The van der Waals surface area contributed by atoms with Gasteiger partial charge in [-0.25, -0.2) is 0 Å². The molecule has 0 aromatic heterocycles. The summed E-state index contributed by atoms with van der Waals surface area (Å²) in [6.07, 6.45) is 0. The van der Waals surface area contributed by atoms with E-state index in [1.165, 1.54) is 111 Å². The molecule has 0 heterocycles. The maximum atomic E-state index is 2.58. The molecule has 0 saturated heterocycles. The molecule has 0 N–H and O–H groups in total. The van der Waals surface area contributed by atoms with Gasteiger partial charge in [-0.05, 0) is 136 Å². The van der Waals surface area contributed by atoms with Gasteiger partial charge in [-0.1, -0.05) is 267 Å². The Morgan fingerprint density at radius 2 is 0.520 bits per heavy atom. The van der Waals surface area contributed by atoms with Crippen LogP contribution in [0.25, 0.3) is 66.8 Å². The summed E-state index contributed by atoms with van der Waals surface area (Å²) in [5.41, 5.74) is 27.0. The normalized spacial score (nSPS) is 13.5. The summed E-state index contributed by atoms with van der Waals surface area (Å²) in [6.45, 7) is 0. The lowest BCUT2D eigenvalue weighted by Gasteiger charge is -2.36. The molecule has 75 heavy (non-hydrogen) atoms. The number of nitrogens with zero attached hydrogens (tertiary/aromatic N) is 1. The predicted molar refractivity (Wildman–Crippen MR) is 311 cm³/mol. The Labute approximate surface area is 439 Å². The average Bonchev–Trinajstić information content (AvgIpc) is 3.97. The Bertz CT molecular complexity index is 4090. The Balaban J connectivity index is 1.06. The molecule has 3 aliphatic carbocycles. The molecule has 1 heteroatoms. The highest BCUT2D eigenvalue weighted by Crippen LogP contribution is 2.62. The standard InChI is InChI=1S/C74H49N/c1-5-24-50(25-6-1)73(51-26-7-2-8-27-51)68-41-22-20-39-65(68)72-69(73)42-23-43-71(72)75(54-44-46-62-60-36-16-15-34-58(60)56-32-13-14-33-57(56)59-35-17-18-37-61(59)66(62)48-54)55-45-47-64-63-38-19-21-40-67(63)74(70(64)49-55,52-28-9-3-10-29-52)53-30-11-4-12-31-53/h1-49H. The van der Waals surface area contributed by atoms with Crippen LogP contribution in [0.5, 0.6) is 0 Å². The Morgan fingerprint density at radius 3 is 1.00 bits per heavy atom. The van der Waals surface area contributed by atoms with E-state index in [0.29, 0.717) is 0 Å². The van der Waals surface area contributed by atoms with Crippen molar-refractivity contribution in [3.05, 3.63) is 342 Å². The fourth-order valence-corrected chi connectivity index (χ4v) is 13.6. The molecular formula is C74H49N. The second-order valence-electron chi connectivity index (χ2n) is 20.2. The number of hydrogen-bond donors (Lipinski definition) is 0. The summed E-state index contributed by atoms with van der Waals surface area (Å²) in [6, 6.07) is 111. The monoisotopic (exact) mass is 951 g/mol. The van der Waals surface area contributed by atoms with Crippen LogP contribution >= 0.6 is 0 Å². The fraction of sp³-hybridized carbons (Fsp3) is 0.0270. The van der Waals surface area contributed by atoms with Crippen molar-refractivity contribution < 1.29 is 0 Å². The van der Waals surface area contributed by atoms with Crippen LogP contribution in [0.1, 0.15) is 44.5 Å². The van der Waals surface area contributed by atoms with E-state index in [-0.39, 0.29) is 0 Å². The molecule has 0 aliphatic heterocycles. The van der Waals surface area contributed by atoms with Crippen molar-refractivity contribution in [3.8, 4) is 66.8 Å². The van der Waals surface area contributed by atoms with Gasteiger partial charge in [0.15, 0.2) is 0 Å². The summed E-state index contributed by atoms with van der Waals surface area (Å²) in [5, 5.41) is 0. The van der Waals surface area contributed by atoms with Crippen molar-refractivity contribution in [2.45, 2.75) is 10.8 Å². The zero-order valence-electron chi connectivity index (χ0n) is 41.2.